The Hall–Kier alpha value is -0.550. The molecule has 0 aromatic carbocycles. The number of hydrogen-bond donors (Lipinski definition) is 0. The topological polar surface area (TPSA) is 34.9 Å². The quantitative estimate of drug-likeness (QED) is 0.717. The molecular formula is C13H13Cl3N2OS. The number of carbonyl (C=O) groups excluding carboxylic acids is 1. The Kier molecular flexibility index (Phi) is 5.13. The highest BCUT2D eigenvalue weighted by molar-refractivity contribution is 7.20. The van der Waals surface area contributed by atoms with Gasteiger partial charge in [-0.3, -0.25) is 9.48 Å². The number of rotatable bonds is 5. The van der Waals surface area contributed by atoms with Gasteiger partial charge in [-0.1, -0.05) is 41.7 Å². The summed E-state index contributed by atoms with van der Waals surface area (Å²) in [6.45, 7) is 4.61. The molecule has 0 fully saturated rings. The number of nitrogens with zero attached hydrogens (tertiary/aromatic N) is 2. The number of thiophene rings is 1. The third-order valence-electron chi connectivity index (χ3n) is 2.98. The first-order valence-corrected chi connectivity index (χ1v) is 8.15. The third kappa shape index (κ3) is 3.03. The second kappa shape index (κ2) is 6.48. The minimum Gasteiger partial charge on any atom is -0.294 e. The van der Waals surface area contributed by atoms with Gasteiger partial charge in [-0.25, -0.2) is 0 Å². The molecule has 2 aromatic heterocycles. The molecule has 3 nitrogen and oxygen atoms in total. The Balaban J connectivity index is 2.32. The standard InChI is InChI=1S/C13H13Cl3N2OS/c1-3-8-12(15)9(18(4-2)17-8)6-10(19)7-5-11(14)20-13(7)16/h5H,3-4,6H2,1-2H3. The molecule has 0 aliphatic carbocycles. The SMILES string of the molecule is CCc1nn(CC)c(CC(=O)c2cc(Cl)sc2Cl)c1Cl. The number of ketones is 1. The molecule has 0 bridgehead atoms. The van der Waals surface area contributed by atoms with Crippen LogP contribution in [0.4, 0.5) is 0 Å². The normalized spacial score (nSPS) is 11.1. The first-order chi connectivity index (χ1) is 9.47. The number of halogens is 3. The molecule has 108 valence electrons. The largest absolute Gasteiger partial charge is 0.294 e. The summed E-state index contributed by atoms with van der Waals surface area (Å²) in [6, 6.07) is 1.60. The number of aryl methyl sites for hydroxylation is 2. The third-order valence-corrected chi connectivity index (χ3v) is 4.90. The Labute approximate surface area is 136 Å². The van der Waals surface area contributed by atoms with E-state index in [2.05, 4.69) is 5.10 Å². The Morgan fingerprint density at radius 3 is 2.55 bits per heavy atom. The fourth-order valence-corrected chi connectivity index (χ4v) is 3.80. The lowest BCUT2D eigenvalue weighted by Gasteiger charge is -2.04. The molecule has 0 aliphatic heterocycles. The Morgan fingerprint density at radius 1 is 1.35 bits per heavy atom. The van der Waals surface area contributed by atoms with Gasteiger partial charge in [0.05, 0.1) is 27.2 Å². The first-order valence-electron chi connectivity index (χ1n) is 6.19. The van der Waals surface area contributed by atoms with Crippen molar-refractivity contribution in [2.45, 2.75) is 33.2 Å². The van der Waals surface area contributed by atoms with E-state index in [1.807, 2.05) is 13.8 Å². The van der Waals surface area contributed by atoms with Crippen LogP contribution in [0.25, 0.3) is 0 Å². The molecule has 2 heterocycles. The van der Waals surface area contributed by atoms with Crippen LogP contribution in [0.1, 0.15) is 35.6 Å². The summed E-state index contributed by atoms with van der Waals surface area (Å²) in [5.74, 6) is -0.0997. The zero-order chi connectivity index (χ0) is 14.9. The van der Waals surface area contributed by atoms with Crippen LogP contribution in [0.2, 0.25) is 13.7 Å². The molecule has 0 aliphatic rings. The fourth-order valence-electron chi connectivity index (χ4n) is 1.96. The van der Waals surface area contributed by atoms with Crippen molar-refractivity contribution in [3.63, 3.8) is 0 Å². The maximum atomic E-state index is 12.3. The van der Waals surface area contributed by atoms with Gasteiger partial charge in [-0.15, -0.1) is 11.3 Å². The second-order valence-corrected chi connectivity index (χ2v) is 6.88. The van der Waals surface area contributed by atoms with Gasteiger partial charge in [0.2, 0.25) is 0 Å². The summed E-state index contributed by atoms with van der Waals surface area (Å²) >= 11 is 19.4. The van der Waals surface area contributed by atoms with Crippen molar-refractivity contribution in [2.75, 3.05) is 0 Å². The lowest BCUT2D eigenvalue weighted by Crippen LogP contribution is -2.09. The van der Waals surface area contributed by atoms with Gasteiger partial charge in [0.25, 0.3) is 0 Å². The summed E-state index contributed by atoms with van der Waals surface area (Å²) in [5, 5.41) is 4.97. The average molecular weight is 352 g/mol. The summed E-state index contributed by atoms with van der Waals surface area (Å²) in [6.07, 6.45) is 0.907. The molecule has 0 radical (unpaired) electrons. The van der Waals surface area contributed by atoms with Gasteiger partial charge in [0, 0.05) is 12.1 Å². The molecular weight excluding hydrogens is 339 g/mol. The van der Waals surface area contributed by atoms with Gasteiger partial charge in [0.1, 0.15) is 4.34 Å². The summed E-state index contributed by atoms with van der Waals surface area (Å²) in [7, 11) is 0. The van der Waals surface area contributed by atoms with Gasteiger partial charge < -0.3 is 0 Å². The number of aromatic nitrogens is 2. The van der Waals surface area contributed by atoms with Gasteiger partial charge in [-0.05, 0) is 19.4 Å². The zero-order valence-corrected chi connectivity index (χ0v) is 14.1. The predicted molar refractivity (Wildman–Crippen MR) is 84.7 cm³/mol. The van der Waals surface area contributed by atoms with Crippen LogP contribution in [0.3, 0.4) is 0 Å². The van der Waals surface area contributed by atoms with Crippen molar-refractivity contribution < 1.29 is 4.79 Å². The van der Waals surface area contributed by atoms with Gasteiger partial charge in [-0.2, -0.15) is 5.10 Å². The van der Waals surface area contributed by atoms with Crippen molar-refractivity contribution >= 4 is 51.9 Å². The van der Waals surface area contributed by atoms with E-state index in [0.717, 1.165) is 17.8 Å². The second-order valence-electron chi connectivity index (χ2n) is 4.21. The molecule has 0 unspecified atom stereocenters. The molecule has 0 N–H and O–H groups in total. The van der Waals surface area contributed by atoms with E-state index < -0.39 is 0 Å². The molecule has 0 amide bonds. The van der Waals surface area contributed by atoms with Crippen LogP contribution in [-0.2, 0) is 19.4 Å². The number of hydrogen-bond acceptors (Lipinski definition) is 3. The summed E-state index contributed by atoms with van der Waals surface area (Å²) < 4.78 is 2.68. The van der Waals surface area contributed by atoms with E-state index in [1.54, 1.807) is 10.7 Å². The Bertz CT molecular complexity index is 648. The van der Waals surface area contributed by atoms with Crippen molar-refractivity contribution in [1.82, 2.24) is 9.78 Å². The zero-order valence-electron chi connectivity index (χ0n) is 11.0. The maximum Gasteiger partial charge on any atom is 0.171 e. The predicted octanol–water partition coefficient (Wildman–Crippen LogP) is 4.91. The molecule has 0 atom stereocenters. The van der Waals surface area contributed by atoms with E-state index in [1.165, 1.54) is 11.3 Å². The van der Waals surface area contributed by atoms with E-state index >= 15 is 0 Å². The van der Waals surface area contributed by atoms with Crippen LogP contribution < -0.4 is 0 Å². The molecule has 2 aromatic rings. The smallest absolute Gasteiger partial charge is 0.171 e. The van der Waals surface area contributed by atoms with Crippen molar-refractivity contribution in [2.24, 2.45) is 0 Å². The Morgan fingerprint density at radius 2 is 2.05 bits per heavy atom. The van der Waals surface area contributed by atoms with E-state index in [9.17, 15) is 4.79 Å². The average Bonchev–Trinajstić information content (AvgIpc) is 2.90. The van der Waals surface area contributed by atoms with Crippen LogP contribution in [-0.4, -0.2) is 15.6 Å². The molecule has 0 spiro atoms. The van der Waals surface area contributed by atoms with Gasteiger partial charge >= 0.3 is 0 Å². The van der Waals surface area contributed by atoms with Crippen LogP contribution in [0, 0.1) is 0 Å². The van der Waals surface area contributed by atoms with E-state index in [4.69, 9.17) is 34.8 Å². The van der Waals surface area contributed by atoms with Crippen molar-refractivity contribution in [3.05, 3.63) is 36.7 Å². The molecule has 0 saturated carbocycles. The monoisotopic (exact) mass is 350 g/mol. The molecule has 2 rings (SSSR count). The summed E-state index contributed by atoms with van der Waals surface area (Å²) in [5.41, 5.74) is 1.99. The van der Waals surface area contributed by atoms with Crippen LogP contribution in [0.5, 0.6) is 0 Å². The van der Waals surface area contributed by atoms with Gasteiger partial charge in [0.15, 0.2) is 5.78 Å². The van der Waals surface area contributed by atoms with Crippen molar-refractivity contribution in [3.8, 4) is 0 Å². The molecule has 7 heteroatoms. The van der Waals surface area contributed by atoms with E-state index in [0.29, 0.717) is 25.8 Å². The van der Waals surface area contributed by atoms with E-state index in [-0.39, 0.29) is 12.2 Å². The highest BCUT2D eigenvalue weighted by atomic mass is 35.5. The number of carbonyl (C=O) groups is 1. The van der Waals surface area contributed by atoms with Crippen molar-refractivity contribution in [1.29, 1.82) is 0 Å². The summed E-state index contributed by atoms with van der Waals surface area (Å²) in [4.78, 5) is 12.3. The highest BCUT2D eigenvalue weighted by Crippen LogP contribution is 2.32. The highest BCUT2D eigenvalue weighted by Gasteiger charge is 2.20. The minimum atomic E-state index is -0.0997. The number of Topliss-reactive ketones (excluding diaryl/α,β-unsaturated/α-hetero) is 1. The van der Waals surface area contributed by atoms with Crippen LogP contribution >= 0.6 is 46.1 Å². The molecule has 20 heavy (non-hydrogen) atoms. The van der Waals surface area contributed by atoms with Crippen LogP contribution in [0.15, 0.2) is 6.07 Å². The lowest BCUT2D eigenvalue weighted by molar-refractivity contribution is 0.0991. The molecule has 0 saturated heterocycles. The maximum absolute atomic E-state index is 12.3. The minimum absolute atomic E-state index is 0.0997. The fraction of sp³-hybridized carbons (Fsp3) is 0.385. The lowest BCUT2D eigenvalue weighted by atomic mass is 10.1. The first kappa shape index (κ1) is 15.8.